The lowest BCUT2D eigenvalue weighted by Crippen LogP contribution is -2.35. The molecular weight excluding hydrogens is 240 g/mol. The van der Waals surface area contributed by atoms with Crippen LogP contribution in [0.15, 0.2) is 0 Å². The maximum atomic E-state index is 11.7. The lowest BCUT2D eigenvalue weighted by Gasteiger charge is -2.26. The fourth-order valence-corrected chi connectivity index (χ4v) is 2.50. The van der Waals surface area contributed by atoms with Gasteiger partial charge in [0.05, 0.1) is 6.10 Å². The van der Waals surface area contributed by atoms with Gasteiger partial charge < -0.3 is 15.4 Å². The summed E-state index contributed by atoms with van der Waals surface area (Å²) in [6.07, 6.45) is 6.62. The number of carbonyl (C=O) groups is 1. The average molecular weight is 263 g/mol. The third kappa shape index (κ3) is 4.45. The summed E-state index contributed by atoms with van der Waals surface area (Å²) in [5.41, 5.74) is 5.82. The Bertz CT molecular complexity index is 237. The topological polar surface area (TPSA) is 55.6 Å². The van der Waals surface area contributed by atoms with E-state index in [1.54, 1.807) is 0 Å². The highest BCUT2D eigenvalue weighted by atomic mass is 35.5. The van der Waals surface area contributed by atoms with Crippen molar-refractivity contribution in [1.82, 2.24) is 4.90 Å². The first kappa shape index (κ1) is 14.7. The van der Waals surface area contributed by atoms with Crippen LogP contribution in [0.4, 0.5) is 0 Å². The zero-order valence-electron chi connectivity index (χ0n) is 10.3. The van der Waals surface area contributed by atoms with Crippen LogP contribution in [0.3, 0.4) is 0 Å². The van der Waals surface area contributed by atoms with Gasteiger partial charge in [-0.05, 0) is 38.5 Å². The number of hydrogen-bond donors (Lipinski definition) is 1. The monoisotopic (exact) mass is 262 g/mol. The second kappa shape index (κ2) is 7.19. The van der Waals surface area contributed by atoms with Gasteiger partial charge in [0, 0.05) is 19.1 Å². The van der Waals surface area contributed by atoms with Gasteiger partial charge >= 0.3 is 0 Å². The zero-order chi connectivity index (χ0) is 11.4. The number of halogens is 1. The van der Waals surface area contributed by atoms with Crippen molar-refractivity contribution in [3.05, 3.63) is 0 Å². The van der Waals surface area contributed by atoms with Crippen LogP contribution < -0.4 is 5.73 Å². The van der Waals surface area contributed by atoms with Crippen molar-refractivity contribution in [2.45, 2.75) is 50.7 Å². The lowest BCUT2D eigenvalue weighted by molar-refractivity contribution is -0.137. The van der Waals surface area contributed by atoms with E-state index >= 15 is 0 Å². The van der Waals surface area contributed by atoms with E-state index in [9.17, 15) is 4.79 Å². The molecule has 1 aliphatic heterocycles. The molecule has 2 N–H and O–H groups in total. The molecule has 0 atom stereocenters. The maximum absolute atomic E-state index is 11.7. The van der Waals surface area contributed by atoms with E-state index in [1.165, 1.54) is 0 Å². The van der Waals surface area contributed by atoms with E-state index in [0.29, 0.717) is 6.04 Å². The van der Waals surface area contributed by atoms with E-state index in [4.69, 9.17) is 10.5 Å². The van der Waals surface area contributed by atoms with Gasteiger partial charge in [-0.3, -0.25) is 4.79 Å². The Morgan fingerprint density at radius 3 is 2.35 bits per heavy atom. The summed E-state index contributed by atoms with van der Waals surface area (Å²) in [7, 11) is 0. The molecule has 0 unspecified atom stereocenters. The summed E-state index contributed by atoms with van der Waals surface area (Å²) in [6, 6.07) is 0.342. The quantitative estimate of drug-likeness (QED) is 0.835. The van der Waals surface area contributed by atoms with Gasteiger partial charge in [0.2, 0.25) is 5.91 Å². The summed E-state index contributed by atoms with van der Waals surface area (Å²) < 4.78 is 5.66. The van der Waals surface area contributed by atoms with Crippen molar-refractivity contribution < 1.29 is 9.53 Å². The first-order chi connectivity index (χ1) is 7.75. The van der Waals surface area contributed by atoms with Gasteiger partial charge in [0.15, 0.2) is 0 Å². The third-order valence-electron chi connectivity index (χ3n) is 3.62. The molecule has 0 radical (unpaired) electrons. The number of amides is 1. The highest BCUT2D eigenvalue weighted by Gasteiger charge is 2.22. The number of ether oxygens (including phenoxy) is 1. The molecular formula is C12H23ClN2O2. The van der Waals surface area contributed by atoms with Crippen molar-refractivity contribution in [1.29, 1.82) is 0 Å². The number of nitrogens with zero attached hydrogens (tertiary/aromatic N) is 1. The first-order valence-electron chi connectivity index (χ1n) is 6.40. The molecule has 1 saturated heterocycles. The second-order valence-electron chi connectivity index (χ2n) is 4.94. The van der Waals surface area contributed by atoms with E-state index in [2.05, 4.69) is 0 Å². The van der Waals surface area contributed by atoms with Crippen molar-refractivity contribution in [2.24, 2.45) is 5.73 Å². The molecule has 1 saturated carbocycles. The minimum atomic E-state index is 0. The molecule has 1 aliphatic carbocycles. The van der Waals surface area contributed by atoms with E-state index < -0.39 is 0 Å². The van der Waals surface area contributed by atoms with Crippen LogP contribution in [0.2, 0.25) is 0 Å². The van der Waals surface area contributed by atoms with Crippen LogP contribution in [0.25, 0.3) is 0 Å². The normalized spacial score (nSPS) is 28.9. The summed E-state index contributed by atoms with van der Waals surface area (Å²) in [4.78, 5) is 13.6. The molecule has 1 heterocycles. The standard InChI is InChI=1S/C12H22N2O2.ClH/c13-10-3-5-11(6-4-10)16-9-12(15)14-7-1-2-8-14;/h10-11H,1-9,13H2;1H. The van der Waals surface area contributed by atoms with Crippen LogP contribution in [-0.2, 0) is 9.53 Å². The number of carbonyl (C=O) groups excluding carboxylic acids is 1. The van der Waals surface area contributed by atoms with Gasteiger partial charge in [-0.15, -0.1) is 12.4 Å². The number of likely N-dealkylation sites (tertiary alicyclic amines) is 1. The Kier molecular flexibility index (Phi) is 6.23. The van der Waals surface area contributed by atoms with E-state index in [0.717, 1.165) is 51.6 Å². The molecule has 2 fully saturated rings. The minimum absolute atomic E-state index is 0. The number of nitrogens with two attached hydrogens (primary N) is 1. The van der Waals surface area contributed by atoms with Gasteiger partial charge in [-0.1, -0.05) is 0 Å². The predicted molar refractivity (Wildman–Crippen MR) is 69.2 cm³/mol. The van der Waals surface area contributed by atoms with E-state index in [-0.39, 0.29) is 31.0 Å². The molecule has 1 amide bonds. The Balaban J connectivity index is 0.00000144. The summed E-state index contributed by atoms with van der Waals surface area (Å²) in [5, 5.41) is 0. The predicted octanol–water partition coefficient (Wildman–Crippen LogP) is 1.32. The molecule has 0 bridgehead atoms. The van der Waals surface area contributed by atoms with Gasteiger partial charge in [0.1, 0.15) is 6.61 Å². The summed E-state index contributed by atoms with van der Waals surface area (Å²) in [5.74, 6) is 0.160. The third-order valence-corrected chi connectivity index (χ3v) is 3.62. The second-order valence-corrected chi connectivity index (χ2v) is 4.94. The van der Waals surface area contributed by atoms with Gasteiger partial charge in [-0.2, -0.15) is 0 Å². The molecule has 17 heavy (non-hydrogen) atoms. The average Bonchev–Trinajstić information content (AvgIpc) is 2.81. The first-order valence-corrected chi connectivity index (χ1v) is 6.40. The molecule has 0 aromatic heterocycles. The van der Waals surface area contributed by atoms with Crippen molar-refractivity contribution in [2.75, 3.05) is 19.7 Å². The van der Waals surface area contributed by atoms with Crippen LogP contribution in [0, 0.1) is 0 Å². The highest BCUT2D eigenvalue weighted by Crippen LogP contribution is 2.20. The van der Waals surface area contributed by atoms with Gasteiger partial charge in [0.25, 0.3) is 0 Å². The Morgan fingerprint density at radius 1 is 1.18 bits per heavy atom. The molecule has 2 rings (SSSR count). The fraction of sp³-hybridized carbons (Fsp3) is 0.917. The SMILES string of the molecule is Cl.NC1CCC(OCC(=O)N2CCCC2)CC1. The molecule has 0 spiro atoms. The Labute approximate surface area is 109 Å². The van der Waals surface area contributed by atoms with E-state index in [1.807, 2.05) is 4.90 Å². The minimum Gasteiger partial charge on any atom is -0.368 e. The van der Waals surface area contributed by atoms with Crippen LogP contribution >= 0.6 is 12.4 Å². The lowest BCUT2D eigenvalue weighted by atomic mass is 9.94. The highest BCUT2D eigenvalue weighted by molar-refractivity contribution is 5.85. The van der Waals surface area contributed by atoms with Crippen molar-refractivity contribution in [3.8, 4) is 0 Å². The Hall–Kier alpha value is -0.320. The molecule has 100 valence electrons. The molecule has 2 aliphatic rings. The largest absolute Gasteiger partial charge is 0.368 e. The zero-order valence-corrected chi connectivity index (χ0v) is 11.1. The smallest absolute Gasteiger partial charge is 0.248 e. The molecule has 5 heteroatoms. The molecule has 0 aromatic rings. The van der Waals surface area contributed by atoms with Crippen molar-refractivity contribution in [3.63, 3.8) is 0 Å². The van der Waals surface area contributed by atoms with Gasteiger partial charge in [-0.25, -0.2) is 0 Å². The van der Waals surface area contributed by atoms with Crippen LogP contribution in [0.1, 0.15) is 38.5 Å². The Morgan fingerprint density at radius 2 is 1.76 bits per heavy atom. The summed E-state index contributed by atoms with van der Waals surface area (Å²) >= 11 is 0. The van der Waals surface area contributed by atoms with Crippen LogP contribution in [0.5, 0.6) is 0 Å². The maximum Gasteiger partial charge on any atom is 0.248 e. The number of hydrogen-bond acceptors (Lipinski definition) is 3. The fourth-order valence-electron chi connectivity index (χ4n) is 2.50. The van der Waals surface area contributed by atoms with Crippen LogP contribution in [-0.4, -0.2) is 42.6 Å². The summed E-state index contributed by atoms with van der Waals surface area (Å²) in [6.45, 7) is 2.09. The van der Waals surface area contributed by atoms with Crippen molar-refractivity contribution >= 4 is 18.3 Å². The number of rotatable bonds is 3. The molecule has 0 aromatic carbocycles. The molecule has 4 nitrogen and oxygen atoms in total.